The SMILES string of the molecule is O[C@H](COCc1ccccc1)CN(Cc1cccc(F)c1)Cc1ccco1. The Bertz CT molecular complexity index is 792. The number of ether oxygens (including phenoxy) is 1. The summed E-state index contributed by atoms with van der Waals surface area (Å²) in [6, 6.07) is 20.0. The van der Waals surface area contributed by atoms with Crippen molar-refractivity contribution in [2.75, 3.05) is 13.2 Å². The van der Waals surface area contributed by atoms with Gasteiger partial charge in [-0.05, 0) is 35.4 Å². The molecule has 3 rings (SSSR count). The molecule has 0 fully saturated rings. The number of rotatable bonds is 10. The van der Waals surface area contributed by atoms with Gasteiger partial charge in [0.2, 0.25) is 0 Å². The summed E-state index contributed by atoms with van der Waals surface area (Å²) in [5.41, 5.74) is 1.91. The molecule has 0 aliphatic carbocycles. The molecule has 3 aromatic rings. The third-order valence-corrected chi connectivity index (χ3v) is 4.15. The van der Waals surface area contributed by atoms with Crippen LogP contribution < -0.4 is 0 Å². The van der Waals surface area contributed by atoms with Gasteiger partial charge in [-0.3, -0.25) is 4.90 Å². The first-order valence-electron chi connectivity index (χ1n) is 8.98. The van der Waals surface area contributed by atoms with Crippen molar-refractivity contribution < 1.29 is 18.7 Å². The molecule has 0 saturated carbocycles. The molecule has 1 aromatic heterocycles. The van der Waals surface area contributed by atoms with Gasteiger partial charge in [-0.2, -0.15) is 0 Å². The van der Waals surface area contributed by atoms with Crippen molar-refractivity contribution in [2.24, 2.45) is 0 Å². The topological polar surface area (TPSA) is 45.8 Å². The van der Waals surface area contributed by atoms with E-state index < -0.39 is 6.10 Å². The van der Waals surface area contributed by atoms with Crippen LogP contribution in [0.2, 0.25) is 0 Å². The maximum absolute atomic E-state index is 13.5. The average Bonchev–Trinajstić information content (AvgIpc) is 3.15. The molecular weight excluding hydrogens is 345 g/mol. The van der Waals surface area contributed by atoms with Crippen LogP contribution in [-0.2, 0) is 24.4 Å². The third-order valence-electron chi connectivity index (χ3n) is 4.15. The van der Waals surface area contributed by atoms with E-state index in [1.54, 1.807) is 12.3 Å². The minimum absolute atomic E-state index is 0.229. The van der Waals surface area contributed by atoms with Crippen LogP contribution in [0, 0.1) is 5.82 Å². The van der Waals surface area contributed by atoms with Crippen LogP contribution in [-0.4, -0.2) is 29.3 Å². The Kier molecular flexibility index (Phi) is 7.16. The molecule has 2 aromatic carbocycles. The number of furan rings is 1. The van der Waals surface area contributed by atoms with Gasteiger partial charge in [-0.25, -0.2) is 4.39 Å². The Morgan fingerprint density at radius 1 is 0.963 bits per heavy atom. The molecule has 4 nitrogen and oxygen atoms in total. The minimum Gasteiger partial charge on any atom is -0.468 e. The average molecular weight is 369 g/mol. The van der Waals surface area contributed by atoms with E-state index in [1.807, 2.05) is 53.4 Å². The number of nitrogens with zero attached hydrogens (tertiary/aromatic N) is 1. The van der Waals surface area contributed by atoms with Crippen molar-refractivity contribution in [3.63, 3.8) is 0 Å². The van der Waals surface area contributed by atoms with Crippen LogP contribution >= 0.6 is 0 Å². The number of halogens is 1. The van der Waals surface area contributed by atoms with Gasteiger partial charge in [0.05, 0.1) is 32.1 Å². The van der Waals surface area contributed by atoms with Crippen molar-refractivity contribution in [3.8, 4) is 0 Å². The second kappa shape index (κ2) is 10.0. The summed E-state index contributed by atoms with van der Waals surface area (Å²) < 4.78 is 24.5. The lowest BCUT2D eigenvalue weighted by Gasteiger charge is -2.24. The highest BCUT2D eigenvalue weighted by molar-refractivity contribution is 5.16. The normalized spacial score (nSPS) is 12.4. The summed E-state index contributed by atoms with van der Waals surface area (Å²) in [5, 5.41) is 10.4. The van der Waals surface area contributed by atoms with E-state index in [4.69, 9.17) is 9.15 Å². The summed E-state index contributed by atoms with van der Waals surface area (Å²) >= 11 is 0. The molecule has 0 amide bonds. The second-order valence-corrected chi connectivity index (χ2v) is 6.53. The van der Waals surface area contributed by atoms with E-state index >= 15 is 0 Å². The zero-order chi connectivity index (χ0) is 18.9. The number of aliphatic hydroxyl groups excluding tert-OH is 1. The molecule has 1 N–H and O–H groups in total. The lowest BCUT2D eigenvalue weighted by molar-refractivity contribution is 0.00612. The standard InChI is InChI=1S/C22H24FNO3/c23-20-9-4-8-19(12-20)13-24(15-22-10-5-11-27-22)14-21(25)17-26-16-18-6-2-1-3-7-18/h1-12,21,25H,13-17H2/t21-/m0/s1. The Morgan fingerprint density at radius 3 is 2.52 bits per heavy atom. The van der Waals surface area contributed by atoms with Crippen molar-refractivity contribution >= 4 is 0 Å². The van der Waals surface area contributed by atoms with Crippen LogP contribution in [0.1, 0.15) is 16.9 Å². The molecule has 0 bridgehead atoms. The summed E-state index contributed by atoms with van der Waals surface area (Å²) in [6.45, 7) is 2.12. The van der Waals surface area contributed by atoms with E-state index in [0.717, 1.165) is 16.9 Å². The zero-order valence-electron chi connectivity index (χ0n) is 15.1. The van der Waals surface area contributed by atoms with Crippen LogP contribution in [0.4, 0.5) is 4.39 Å². The minimum atomic E-state index is -0.655. The van der Waals surface area contributed by atoms with Gasteiger partial charge in [-0.1, -0.05) is 42.5 Å². The summed E-state index contributed by atoms with van der Waals surface area (Å²) in [6.07, 6.45) is 0.965. The first-order chi connectivity index (χ1) is 13.2. The zero-order valence-corrected chi connectivity index (χ0v) is 15.1. The molecule has 1 heterocycles. The van der Waals surface area contributed by atoms with Crippen LogP contribution in [0.5, 0.6) is 0 Å². The van der Waals surface area contributed by atoms with Crippen LogP contribution in [0.3, 0.4) is 0 Å². The summed E-state index contributed by atoms with van der Waals surface area (Å²) in [7, 11) is 0. The highest BCUT2D eigenvalue weighted by Crippen LogP contribution is 2.13. The predicted molar refractivity (Wildman–Crippen MR) is 101 cm³/mol. The fourth-order valence-electron chi connectivity index (χ4n) is 2.94. The fourth-order valence-corrected chi connectivity index (χ4v) is 2.94. The molecule has 0 aliphatic heterocycles. The Morgan fingerprint density at radius 2 is 1.78 bits per heavy atom. The van der Waals surface area contributed by atoms with Gasteiger partial charge in [0.25, 0.3) is 0 Å². The van der Waals surface area contributed by atoms with Crippen LogP contribution in [0.25, 0.3) is 0 Å². The van der Waals surface area contributed by atoms with Gasteiger partial charge in [0, 0.05) is 13.1 Å². The first kappa shape index (κ1) is 19.3. The maximum atomic E-state index is 13.5. The first-order valence-corrected chi connectivity index (χ1v) is 8.98. The van der Waals surface area contributed by atoms with E-state index in [9.17, 15) is 9.50 Å². The Balaban J connectivity index is 1.54. The van der Waals surface area contributed by atoms with Gasteiger partial charge in [-0.15, -0.1) is 0 Å². The van der Waals surface area contributed by atoms with E-state index in [2.05, 4.69) is 0 Å². The van der Waals surface area contributed by atoms with E-state index in [0.29, 0.717) is 26.2 Å². The largest absolute Gasteiger partial charge is 0.468 e. The lowest BCUT2D eigenvalue weighted by Crippen LogP contribution is -2.34. The highest BCUT2D eigenvalue weighted by Gasteiger charge is 2.15. The van der Waals surface area contributed by atoms with Gasteiger partial charge < -0.3 is 14.3 Å². The number of aliphatic hydroxyl groups is 1. The number of hydrogen-bond acceptors (Lipinski definition) is 4. The number of benzene rings is 2. The maximum Gasteiger partial charge on any atom is 0.123 e. The van der Waals surface area contributed by atoms with E-state index in [1.165, 1.54) is 12.1 Å². The number of hydrogen-bond donors (Lipinski definition) is 1. The summed E-state index contributed by atoms with van der Waals surface area (Å²) in [5.74, 6) is 0.529. The highest BCUT2D eigenvalue weighted by atomic mass is 19.1. The molecule has 0 saturated heterocycles. The molecule has 27 heavy (non-hydrogen) atoms. The Labute approximate surface area is 158 Å². The van der Waals surface area contributed by atoms with Crippen molar-refractivity contribution in [3.05, 3.63) is 95.7 Å². The molecule has 142 valence electrons. The third kappa shape index (κ3) is 6.64. The molecule has 1 atom stereocenters. The smallest absolute Gasteiger partial charge is 0.123 e. The van der Waals surface area contributed by atoms with E-state index in [-0.39, 0.29) is 12.4 Å². The predicted octanol–water partition coefficient (Wildman–Crippen LogP) is 4.00. The van der Waals surface area contributed by atoms with Crippen molar-refractivity contribution in [2.45, 2.75) is 25.8 Å². The van der Waals surface area contributed by atoms with Crippen LogP contribution in [0.15, 0.2) is 77.4 Å². The van der Waals surface area contributed by atoms with Gasteiger partial charge in [0.15, 0.2) is 0 Å². The quantitative estimate of drug-likeness (QED) is 0.587. The molecule has 0 spiro atoms. The lowest BCUT2D eigenvalue weighted by atomic mass is 10.2. The fraction of sp³-hybridized carbons (Fsp3) is 0.273. The monoisotopic (exact) mass is 369 g/mol. The molecule has 0 radical (unpaired) electrons. The van der Waals surface area contributed by atoms with Crippen molar-refractivity contribution in [1.29, 1.82) is 0 Å². The molecule has 5 heteroatoms. The van der Waals surface area contributed by atoms with Gasteiger partial charge >= 0.3 is 0 Å². The van der Waals surface area contributed by atoms with Gasteiger partial charge in [0.1, 0.15) is 11.6 Å². The molecular formula is C22H24FNO3. The molecule has 0 aliphatic rings. The molecule has 0 unspecified atom stereocenters. The van der Waals surface area contributed by atoms with Crippen molar-refractivity contribution in [1.82, 2.24) is 4.90 Å². The second-order valence-electron chi connectivity index (χ2n) is 6.53. The summed E-state index contributed by atoms with van der Waals surface area (Å²) in [4.78, 5) is 2.02. The Hall–Kier alpha value is -2.47.